The average Bonchev–Trinajstić information content (AvgIpc) is 4.31. The molecular weight excluding hydrogens is 1020 g/mol. The van der Waals surface area contributed by atoms with Gasteiger partial charge in [0.1, 0.15) is 24.4 Å². The third-order valence-electron chi connectivity index (χ3n) is 13.3. The van der Waals surface area contributed by atoms with Gasteiger partial charge in [-0.25, -0.2) is 9.97 Å². The largest absolute Gasteiger partial charge is 2.00 e. The van der Waals surface area contributed by atoms with Gasteiger partial charge in [0.15, 0.2) is 0 Å². The Morgan fingerprint density at radius 3 is 0.896 bits per heavy atom. The number of nitrogens with zero attached hydrogens (tertiary/aromatic N) is 4. The van der Waals surface area contributed by atoms with Crippen LogP contribution in [0.4, 0.5) is 22.7 Å². The summed E-state index contributed by atoms with van der Waals surface area (Å²) in [7, 11) is 5.82. The molecule has 4 N–H and O–H groups in total. The average molecular weight is 1080 g/mol. The fourth-order valence-electron chi connectivity index (χ4n) is 8.83. The third-order valence-corrected chi connectivity index (χ3v) is 13.3. The van der Waals surface area contributed by atoms with Crippen molar-refractivity contribution in [1.29, 1.82) is 0 Å². The van der Waals surface area contributed by atoms with Gasteiger partial charge in [0.25, 0.3) is 23.6 Å². The molecule has 5 heterocycles. The van der Waals surface area contributed by atoms with Crippen molar-refractivity contribution < 1.29 is 54.9 Å². The molecule has 393 valence electrons. The zero-order valence-electron chi connectivity index (χ0n) is 43.6. The molecule has 7 aromatic rings. The van der Waals surface area contributed by atoms with E-state index in [0.717, 1.165) is 11.1 Å². The summed E-state index contributed by atoms with van der Waals surface area (Å²) in [6, 6.07) is 37.5. The molecule has 1 unspecified atom stereocenters. The molecule has 0 saturated heterocycles. The van der Waals surface area contributed by atoms with E-state index in [0.29, 0.717) is 101 Å². The maximum absolute atomic E-state index is 13.7. The molecule has 0 aliphatic carbocycles. The first kappa shape index (κ1) is 55.0. The van der Waals surface area contributed by atoms with Gasteiger partial charge in [0.05, 0.1) is 45.5 Å². The van der Waals surface area contributed by atoms with Crippen molar-refractivity contribution in [3.63, 3.8) is 0 Å². The van der Waals surface area contributed by atoms with E-state index in [1.807, 2.05) is 109 Å². The summed E-state index contributed by atoms with van der Waals surface area (Å²) < 4.78 is 21.7. The SMILES string of the molecule is COC(C)C(=O)Nc1cccc(NC(=O)[C@H](C)OC)c1-c1c2nc(c(-c3ccccc3)c3ccc([n-]3)c(-c3c(NC(=O)[C@H](C)OC)cccc3NC(=O)[C@@H](C)OC)c3nc(c(-c4ccccc4)c4ccc1[n-]4)C=C3)C=C2.[Co+2]. The van der Waals surface area contributed by atoms with Crippen LogP contribution in [0.25, 0.3) is 90.9 Å². The Balaban J connectivity index is 0.00000784. The zero-order chi connectivity index (χ0) is 53.6. The number of ether oxygens (including phenoxy) is 4. The van der Waals surface area contributed by atoms with E-state index in [9.17, 15) is 19.2 Å². The molecule has 0 fully saturated rings. The first-order chi connectivity index (χ1) is 36.8. The molecule has 4 atom stereocenters. The molecule has 2 aliphatic heterocycles. The van der Waals surface area contributed by atoms with Crippen LogP contribution in [-0.4, -0.2) is 86.5 Å². The second-order valence-electron chi connectivity index (χ2n) is 18.0. The minimum atomic E-state index is -0.821. The molecule has 0 saturated carbocycles. The van der Waals surface area contributed by atoms with Crippen molar-refractivity contribution in [3.8, 4) is 44.5 Å². The molecule has 3 aromatic heterocycles. The van der Waals surface area contributed by atoms with Gasteiger partial charge in [-0.3, -0.25) is 19.2 Å². The van der Waals surface area contributed by atoms with Crippen LogP contribution in [0.15, 0.2) is 121 Å². The molecule has 4 amide bonds. The van der Waals surface area contributed by atoms with Crippen LogP contribution in [0.2, 0.25) is 0 Å². The Labute approximate surface area is 455 Å². The predicted molar refractivity (Wildman–Crippen MR) is 299 cm³/mol. The number of nitrogens with one attached hydrogen (secondary N) is 4. The number of rotatable bonds is 16. The minimum Gasteiger partial charge on any atom is -0.657 e. The Morgan fingerprint density at radius 2 is 0.623 bits per heavy atom. The summed E-state index contributed by atoms with van der Waals surface area (Å²) >= 11 is 0. The summed E-state index contributed by atoms with van der Waals surface area (Å²) in [5.41, 5.74) is 10.3. The third kappa shape index (κ3) is 11.5. The van der Waals surface area contributed by atoms with Crippen molar-refractivity contribution in [1.82, 2.24) is 19.9 Å². The van der Waals surface area contributed by atoms with Crippen LogP contribution in [0.3, 0.4) is 0 Å². The summed E-state index contributed by atoms with van der Waals surface area (Å²) in [6.45, 7) is 6.58. The summed E-state index contributed by atoms with van der Waals surface area (Å²) in [5, 5.41) is 12.2. The van der Waals surface area contributed by atoms with Crippen LogP contribution in [0, 0.1) is 0 Å². The van der Waals surface area contributed by atoms with Crippen molar-refractivity contribution in [3.05, 3.63) is 144 Å². The standard InChI is InChI=1S/C60H58N8O8.Co/c1-33(73-5)57(69)65-39-21-15-22-40(66-58(70)34(2)74-6)53(39)55-47-29-25-43(61-47)51(37-17-11-9-12-18-37)45-27-31-49(63-45)56(50-32-28-46(64-50)52(38-19-13-10-14-20-38)44-26-30-48(55)62-44)54-41(67-59(71)35(3)75-7)23-16-24-42(54)68-60(72)36(4)76-8;/h9-36H,1-8H3,(H6,61,62,63,64,65,66,67,68,69,70,71,72);/q;+2/p-2/t33-,34+,35-,36?;/m0./s1. The van der Waals surface area contributed by atoms with Crippen LogP contribution in [0.1, 0.15) is 50.5 Å². The van der Waals surface area contributed by atoms with Gasteiger partial charge in [-0.15, -0.1) is 22.1 Å². The predicted octanol–water partition coefficient (Wildman–Crippen LogP) is 10.5. The van der Waals surface area contributed by atoms with E-state index in [2.05, 4.69) is 21.3 Å². The molecule has 9 rings (SSSR count). The van der Waals surface area contributed by atoms with Crippen LogP contribution >= 0.6 is 0 Å². The monoisotopic (exact) mass is 1080 g/mol. The van der Waals surface area contributed by atoms with Crippen LogP contribution in [0.5, 0.6) is 0 Å². The summed E-state index contributed by atoms with van der Waals surface area (Å²) in [6.07, 6.45) is 4.27. The molecule has 1 radical (unpaired) electrons. The number of hydrogen-bond donors (Lipinski definition) is 4. The second kappa shape index (κ2) is 24.1. The number of amides is 4. The van der Waals surface area contributed by atoms with Gasteiger partial charge in [-0.1, -0.05) is 97.1 Å². The Morgan fingerprint density at radius 1 is 0.364 bits per heavy atom. The van der Waals surface area contributed by atoms with Gasteiger partial charge < -0.3 is 50.2 Å². The first-order valence-corrected chi connectivity index (χ1v) is 24.6. The fraction of sp³-hybridized carbons (Fsp3) is 0.200. The molecule has 4 aromatic carbocycles. The second-order valence-corrected chi connectivity index (χ2v) is 18.0. The molecule has 17 heteroatoms. The number of carbonyl (C=O) groups is 4. The van der Waals surface area contributed by atoms with Gasteiger partial charge in [-0.2, -0.15) is 0 Å². The van der Waals surface area contributed by atoms with E-state index in [1.165, 1.54) is 28.4 Å². The molecule has 2 aliphatic rings. The van der Waals surface area contributed by atoms with Gasteiger partial charge >= 0.3 is 16.8 Å². The molecule has 77 heavy (non-hydrogen) atoms. The number of benzene rings is 4. The van der Waals surface area contributed by atoms with Gasteiger partial charge in [0.2, 0.25) is 0 Å². The quantitative estimate of drug-likeness (QED) is 0.0713. The number of aromatic nitrogens is 4. The summed E-state index contributed by atoms with van der Waals surface area (Å²) in [4.78, 5) is 76.6. The maximum atomic E-state index is 13.7. The van der Waals surface area contributed by atoms with Gasteiger partial charge in [-0.05, 0) is 110 Å². The number of anilines is 4. The molecule has 8 bridgehead atoms. The van der Waals surface area contributed by atoms with E-state index in [1.54, 1.807) is 64.1 Å². The zero-order valence-corrected chi connectivity index (χ0v) is 44.6. The maximum Gasteiger partial charge on any atom is 2.00 e. The van der Waals surface area contributed by atoms with E-state index in [4.69, 9.17) is 38.9 Å². The van der Waals surface area contributed by atoms with Crippen LogP contribution in [-0.2, 0) is 54.9 Å². The number of fused-ring (bicyclic) bond motifs is 8. The van der Waals surface area contributed by atoms with E-state index in [-0.39, 0.29) is 16.8 Å². The molecule has 0 spiro atoms. The first-order valence-electron chi connectivity index (χ1n) is 24.6. The molecule has 16 nitrogen and oxygen atoms in total. The van der Waals surface area contributed by atoms with Crippen molar-refractivity contribution in [2.24, 2.45) is 0 Å². The van der Waals surface area contributed by atoms with Crippen molar-refractivity contribution in [2.45, 2.75) is 52.1 Å². The van der Waals surface area contributed by atoms with Crippen molar-refractivity contribution in [2.75, 3.05) is 49.7 Å². The Bertz CT molecular complexity index is 3290. The fourth-order valence-corrected chi connectivity index (χ4v) is 8.83. The normalized spacial score (nSPS) is 13.2. The molecular formula is C60H56CoN8O8. The smallest absolute Gasteiger partial charge is 0.657 e. The Kier molecular flexibility index (Phi) is 17.2. The van der Waals surface area contributed by atoms with Gasteiger partial charge in [0, 0.05) is 39.6 Å². The number of carbonyl (C=O) groups excluding carboxylic acids is 4. The number of hydrogen-bond acceptors (Lipinski definition) is 10. The van der Waals surface area contributed by atoms with E-state index < -0.39 is 48.0 Å². The van der Waals surface area contributed by atoms with E-state index >= 15 is 0 Å². The van der Waals surface area contributed by atoms with Crippen LogP contribution < -0.4 is 31.2 Å². The number of methoxy groups -OCH3 is 4. The summed E-state index contributed by atoms with van der Waals surface area (Å²) in [5.74, 6) is -1.67. The topological polar surface area (TPSA) is 207 Å². The minimum absolute atomic E-state index is 0. The van der Waals surface area contributed by atoms with Crippen molar-refractivity contribution >= 4 is 92.7 Å². The Hall–Kier alpha value is -8.29.